The summed E-state index contributed by atoms with van der Waals surface area (Å²) in [5, 5.41) is 8.78. The Labute approximate surface area is 118 Å². The number of hydrogen-bond acceptors (Lipinski definition) is 4. The molecular formula is C11H12F3NO5S. The number of sulfonamides is 1. The number of aliphatic carboxylic acids is 1. The summed E-state index contributed by atoms with van der Waals surface area (Å²) in [4.78, 5) is 10.4. The minimum Gasteiger partial charge on any atom is -0.480 e. The highest BCUT2D eigenvalue weighted by molar-refractivity contribution is 7.89. The number of carboxylic acids is 1. The highest BCUT2D eigenvalue weighted by atomic mass is 32.2. The number of alkyl halides is 3. The number of halogens is 3. The fourth-order valence-electron chi connectivity index (χ4n) is 1.38. The first-order valence-electron chi connectivity index (χ1n) is 5.66. The van der Waals surface area contributed by atoms with Crippen LogP contribution in [-0.4, -0.2) is 31.9 Å². The topological polar surface area (TPSA) is 92.7 Å². The van der Waals surface area contributed by atoms with Crippen LogP contribution in [0.25, 0.3) is 0 Å². The first-order valence-corrected chi connectivity index (χ1v) is 7.14. The molecule has 0 aliphatic heterocycles. The first kappa shape index (κ1) is 17.2. The molecule has 0 aliphatic rings. The second-order valence-electron chi connectivity index (χ2n) is 3.94. The zero-order valence-corrected chi connectivity index (χ0v) is 11.5. The molecule has 21 heavy (non-hydrogen) atoms. The molecule has 0 spiro atoms. The number of ether oxygens (including phenoxy) is 1. The standard InChI is InChI=1S/C11H12F3NO5S/c1-2-9(10(16)17)15-21(18,19)8-5-3-7(4-6-8)20-11(12,13)14/h3-6,9,15H,2H2,1H3,(H,16,17). The maximum atomic E-state index is 12.0. The lowest BCUT2D eigenvalue weighted by atomic mass is 10.2. The van der Waals surface area contributed by atoms with Crippen molar-refractivity contribution in [1.82, 2.24) is 4.72 Å². The number of carboxylic acid groups (broad SMARTS) is 1. The van der Waals surface area contributed by atoms with Gasteiger partial charge in [0.05, 0.1) is 4.90 Å². The molecule has 10 heteroatoms. The van der Waals surface area contributed by atoms with Crippen LogP contribution in [0, 0.1) is 0 Å². The molecule has 1 aromatic carbocycles. The van der Waals surface area contributed by atoms with Gasteiger partial charge in [0.1, 0.15) is 11.8 Å². The van der Waals surface area contributed by atoms with Gasteiger partial charge in [-0.3, -0.25) is 4.79 Å². The Morgan fingerprint density at radius 1 is 1.33 bits per heavy atom. The SMILES string of the molecule is CCC(NS(=O)(=O)c1ccc(OC(F)(F)F)cc1)C(=O)O. The molecule has 0 saturated carbocycles. The van der Waals surface area contributed by atoms with Crippen LogP contribution < -0.4 is 9.46 Å². The number of nitrogens with one attached hydrogen (secondary N) is 1. The van der Waals surface area contributed by atoms with Crippen molar-refractivity contribution in [3.05, 3.63) is 24.3 Å². The van der Waals surface area contributed by atoms with Crippen molar-refractivity contribution in [1.29, 1.82) is 0 Å². The van der Waals surface area contributed by atoms with Gasteiger partial charge in [-0.25, -0.2) is 8.42 Å². The summed E-state index contributed by atoms with van der Waals surface area (Å²) in [5.41, 5.74) is 0. The van der Waals surface area contributed by atoms with Crippen LogP contribution in [-0.2, 0) is 14.8 Å². The lowest BCUT2D eigenvalue weighted by molar-refractivity contribution is -0.274. The number of carbonyl (C=O) groups is 1. The predicted molar refractivity (Wildman–Crippen MR) is 65.2 cm³/mol. The molecule has 0 amide bonds. The van der Waals surface area contributed by atoms with E-state index in [4.69, 9.17) is 5.11 Å². The van der Waals surface area contributed by atoms with Gasteiger partial charge in [0.15, 0.2) is 0 Å². The average molecular weight is 327 g/mol. The van der Waals surface area contributed by atoms with Crippen LogP contribution in [0.5, 0.6) is 5.75 Å². The summed E-state index contributed by atoms with van der Waals surface area (Å²) in [6.07, 6.45) is -4.86. The quantitative estimate of drug-likeness (QED) is 0.830. The molecule has 1 unspecified atom stereocenters. The van der Waals surface area contributed by atoms with Crippen LogP contribution in [0.15, 0.2) is 29.2 Å². The zero-order valence-electron chi connectivity index (χ0n) is 10.7. The summed E-state index contributed by atoms with van der Waals surface area (Å²) >= 11 is 0. The number of hydrogen-bond donors (Lipinski definition) is 2. The van der Waals surface area contributed by atoms with Crippen LogP contribution in [0.3, 0.4) is 0 Å². The molecule has 0 heterocycles. The van der Waals surface area contributed by atoms with E-state index in [1.54, 1.807) is 0 Å². The van der Waals surface area contributed by atoms with Gasteiger partial charge in [-0.15, -0.1) is 13.2 Å². The average Bonchev–Trinajstić information content (AvgIpc) is 2.34. The van der Waals surface area contributed by atoms with Crippen molar-refractivity contribution in [2.45, 2.75) is 30.6 Å². The van der Waals surface area contributed by atoms with Gasteiger partial charge in [-0.1, -0.05) is 6.92 Å². The van der Waals surface area contributed by atoms with Crippen LogP contribution in [0.1, 0.15) is 13.3 Å². The van der Waals surface area contributed by atoms with E-state index in [9.17, 15) is 26.4 Å². The largest absolute Gasteiger partial charge is 0.573 e. The molecule has 1 atom stereocenters. The molecule has 0 saturated heterocycles. The second-order valence-corrected chi connectivity index (χ2v) is 5.65. The summed E-state index contributed by atoms with van der Waals surface area (Å²) in [6, 6.07) is 2.10. The summed E-state index contributed by atoms with van der Waals surface area (Å²) in [6.45, 7) is 1.47. The van der Waals surface area contributed by atoms with E-state index in [0.717, 1.165) is 24.3 Å². The van der Waals surface area contributed by atoms with E-state index >= 15 is 0 Å². The smallest absolute Gasteiger partial charge is 0.480 e. The summed E-state index contributed by atoms with van der Waals surface area (Å²) in [7, 11) is -4.14. The molecule has 0 aromatic heterocycles. The van der Waals surface area contributed by atoms with Crippen molar-refractivity contribution >= 4 is 16.0 Å². The fourth-order valence-corrected chi connectivity index (χ4v) is 2.66. The third-order valence-corrected chi connectivity index (χ3v) is 3.86. The van der Waals surface area contributed by atoms with Crippen molar-refractivity contribution < 1.29 is 36.2 Å². The Balaban J connectivity index is 2.92. The molecule has 0 aliphatic carbocycles. The zero-order chi connectivity index (χ0) is 16.3. The molecule has 0 bridgehead atoms. The molecule has 2 N–H and O–H groups in total. The van der Waals surface area contributed by atoms with Gasteiger partial charge in [0.25, 0.3) is 0 Å². The molecule has 0 radical (unpaired) electrons. The minimum atomic E-state index is -4.88. The van der Waals surface area contributed by atoms with Crippen molar-refractivity contribution in [2.75, 3.05) is 0 Å². The van der Waals surface area contributed by atoms with Gasteiger partial charge >= 0.3 is 12.3 Å². The van der Waals surface area contributed by atoms with E-state index < -0.39 is 34.1 Å². The number of benzene rings is 1. The normalized spacial score (nSPS) is 13.7. The monoisotopic (exact) mass is 327 g/mol. The van der Waals surface area contributed by atoms with E-state index in [-0.39, 0.29) is 11.3 Å². The van der Waals surface area contributed by atoms with E-state index in [1.807, 2.05) is 4.72 Å². The Bertz CT molecular complexity index is 597. The van der Waals surface area contributed by atoms with E-state index in [1.165, 1.54) is 6.92 Å². The summed E-state index contributed by atoms with van der Waals surface area (Å²) < 4.78 is 65.2. The maximum absolute atomic E-state index is 12.0. The predicted octanol–water partition coefficient (Wildman–Crippen LogP) is 1.73. The molecule has 0 fully saturated rings. The third-order valence-electron chi connectivity index (χ3n) is 2.37. The van der Waals surface area contributed by atoms with Gasteiger partial charge < -0.3 is 9.84 Å². The Morgan fingerprint density at radius 3 is 2.24 bits per heavy atom. The van der Waals surface area contributed by atoms with Crippen LogP contribution in [0.4, 0.5) is 13.2 Å². The Kier molecular flexibility index (Phi) is 5.18. The van der Waals surface area contributed by atoms with Gasteiger partial charge in [0.2, 0.25) is 10.0 Å². The molecule has 1 rings (SSSR count). The lowest BCUT2D eigenvalue weighted by Crippen LogP contribution is -2.40. The van der Waals surface area contributed by atoms with Crippen molar-refractivity contribution in [2.24, 2.45) is 0 Å². The maximum Gasteiger partial charge on any atom is 0.573 e. The highest BCUT2D eigenvalue weighted by Gasteiger charge is 2.31. The molecular weight excluding hydrogens is 315 g/mol. The Morgan fingerprint density at radius 2 is 1.86 bits per heavy atom. The minimum absolute atomic E-state index is 0.0177. The highest BCUT2D eigenvalue weighted by Crippen LogP contribution is 2.23. The molecule has 1 aromatic rings. The molecule has 6 nitrogen and oxygen atoms in total. The first-order chi connectivity index (χ1) is 9.55. The van der Waals surface area contributed by atoms with Crippen LogP contribution in [0.2, 0.25) is 0 Å². The van der Waals surface area contributed by atoms with Gasteiger partial charge in [-0.05, 0) is 30.7 Å². The summed E-state index contributed by atoms with van der Waals surface area (Å²) in [5.74, 6) is -1.93. The lowest BCUT2D eigenvalue weighted by Gasteiger charge is -2.13. The van der Waals surface area contributed by atoms with Gasteiger partial charge in [-0.2, -0.15) is 4.72 Å². The van der Waals surface area contributed by atoms with Crippen LogP contribution >= 0.6 is 0 Å². The fraction of sp³-hybridized carbons (Fsp3) is 0.364. The van der Waals surface area contributed by atoms with Crippen molar-refractivity contribution in [3.63, 3.8) is 0 Å². The van der Waals surface area contributed by atoms with Gasteiger partial charge in [0, 0.05) is 0 Å². The third kappa shape index (κ3) is 5.23. The van der Waals surface area contributed by atoms with E-state index in [2.05, 4.69) is 4.74 Å². The molecule has 118 valence electrons. The van der Waals surface area contributed by atoms with Crippen molar-refractivity contribution in [3.8, 4) is 5.75 Å². The second kappa shape index (κ2) is 6.31. The van der Waals surface area contributed by atoms with E-state index in [0.29, 0.717) is 0 Å². The number of rotatable bonds is 6. The Hall–Kier alpha value is -1.81.